The molecule has 2 aliphatic rings. The smallest absolute Gasteiger partial charge is 0.396 e. The van der Waals surface area contributed by atoms with Crippen molar-refractivity contribution in [3.63, 3.8) is 0 Å². The van der Waals surface area contributed by atoms with E-state index in [4.69, 9.17) is 23.2 Å². The van der Waals surface area contributed by atoms with Gasteiger partial charge in [-0.05, 0) is 72.9 Å². The minimum Gasteiger partial charge on any atom is -0.396 e. The molecule has 0 aromatic heterocycles. The number of hydrogen-bond donors (Lipinski definition) is 2. The fourth-order valence-corrected chi connectivity index (χ4v) is 6.99. The van der Waals surface area contributed by atoms with E-state index in [1.807, 2.05) is 29.2 Å². The van der Waals surface area contributed by atoms with E-state index < -0.39 is 39.3 Å². The third kappa shape index (κ3) is 7.12. The van der Waals surface area contributed by atoms with Crippen LogP contribution in [0.25, 0.3) is 0 Å². The lowest BCUT2D eigenvalue weighted by Crippen LogP contribution is -2.61. The van der Waals surface area contributed by atoms with Gasteiger partial charge in [0.15, 0.2) is 0 Å². The molecule has 13 heteroatoms. The van der Waals surface area contributed by atoms with Gasteiger partial charge in [-0.1, -0.05) is 47.5 Å². The van der Waals surface area contributed by atoms with E-state index in [1.165, 1.54) is 6.07 Å². The van der Waals surface area contributed by atoms with Gasteiger partial charge in [-0.2, -0.15) is 13.2 Å². The van der Waals surface area contributed by atoms with Crippen LogP contribution < -0.4 is 9.62 Å². The van der Waals surface area contributed by atoms with Crippen LogP contribution in [0.3, 0.4) is 0 Å². The molecule has 1 saturated heterocycles. The Morgan fingerprint density at radius 1 is 1.02 bits per heavy atom. The number of aliphatic hydroxyl groups excluding tert-OH is 1. The van der Waals surface area contributed by atoms with E-state index in [9.17, 15) is 31.5 Å². The summed E-state index contributed by atoms with van der Waals surface area (Å²) in [5, 5.41) is 13.2. The maximum atomic E-state index is 14.0. The Morgan fingerprint density at radius 2 is 1.56 bits per heavy atom. The Bertz CT molecular complexity index is 1550. The van der Waals surface area contributed by atoms with Crippen LogP contribution in [0.2, 0.25) is 10.0 Å². The van der Waals surface area contributed by atoms with Crippen LogP contribution in [0.5, 0.6) is 0 Å². The highest BCUT2D eigenvalue weighted by Gasteiger charge is 2.45. The van der Waals surface area contributed by atoms with E-state index in [0.717, 1.165) is 33.8 Å². The molecule has 2 N–H and O–H groups in total. The molecule has 7 nitrogen and oxygen atoms in total. The SMILES string of the molecule is CS(=O)(=O)N(c1cc(C(=O)NC2(CCO)CC2)cc(C(F)(F)F)c1)C1CN(C(c2ccc(Cl)cc2)c2ccc(Cl)cc2)C1. The molecular formula is C30H30Cl2F3N3O4S. The maximum absolute atomic E-state index is 14.0. The number of hydrogen-bond acceptors (Lipinski definition) is 5. The first-order valence-electron chi connectivity index (χ1n) is 13.6. The highest BCUT2D eigenvalue weighted by atomic mass is 35.5. The summed E-state index contributed by atoms with van der Waals surface area (Å²) >= 11 is 12.2. The van der Waals surface area contributed by atoms with Gasteiger partial charge < -0.3 is 10.4 Å². The highest BCUT2D eigenvalue weighted by molar-refractivity contribution is 7.92. The zero-order valence-corrected chi connectivity index (χ0v) is 25.4. The molecule has 3 aromatic rings. The van der Waals surface area contributed by atoms with Crippen molar-refractivity contribution < 1.29 is 31.5 Å². The molecule has 0 bridgehead atoms. The zero-order valence-electron chi connectivity index (χ0n) is 23.1. The van der Waals surface area contributed by atoms with Crippen LogP contribution in [0, 0.1) is 0 Å². The molecule has 3 aromatic carbocycles. The lowest BCUT2D eigenvalue weighted by Gasteiger charge is -2.49. The average molecular weight is 657 g/mol. The molecular weight excluding hydrogens is 626 g/mol. The molecule has 1 amide bonds. The lowest BCUT2D eigenvalue weighted by molar-refractivity contribution is -0.137. The normalized spacial score (nSPS) is 17.0. The van der Waals surface area contributed by atoms with Crippen LogP contribution >= 0.6 is 23.2 Å². The predicted octanol–water partition coefficient (Wildman–Crippen LogP) is 5.90. The number of anilines is 1. The van der Waals surface area contributed by atoms with Crippen LogP contribution in [0.15, 0.2) is 66.7 Å². The van der Waals surface area contributed by atoms with Crippen molar-refractivity contribution in [2.24, 2.45) is 0 Å². The summed E-state index contributed by atoms with van der Waals surface area (Å²) in [6.07, 6.45) is -2.41. The van der Waals surface area contributed by atoms with Crippen LogP contribution in [-0.2, 0) is 16.2 Å². The summed E-state index contributed by atoms with van der Waals surface area (Å²) in [5.74, 6) is -0.757. The molecule has 43 heavy (non-hydrogen) atoms. The molecule has 0 atom stereocenters. The van der Waals surface area contributed by atoms with E-state index in [2.05, 4.69) is 5.32 Å². The topological polar surface area (TPSA) is 90.0 Å². The molecule has 1 aliphatic heterocycles. The number of rotatable bonds is 10. The summed E-state index contributed by atoms with van der Waals surface area (Å²) < 4.78 is 69.1. The van der Waals surface area contributed by atoms with E-state index >= 15 is 0 Å². The number of aliphatic hydroxyl groups is 1. The fraction of sp³-hybridized carbons (Fsp3) is 0.367. The number of halogens is 5. The largest absolute Gasteiger partial charge is 0.416 e. The minimum absolute atomic E-state index is 0.179. The number of likely N-dealkylation sites (tertiary alicyclic amines) is 1. The predicted molar refractivity (Wildman–Crippen MR) is 160 cm³/mol. The van der Waals surface area contributed by atoms with Gasteiger partial charge in [0.25, 0.3) is 5.91 Å². The Morgan fingerprint density at radius 3 is 2.00 bits per heavy atom. The molecule has 0 spiro atoms. The van der Waals surface area contributed by atoms with Crippen molar-refractivity contribution in [1.29, 1.82) is 0 Å². The van der Waals surface area contributed by atoms with Crippen molar-refractivity contribution in [2.75, 3.05) is 30.3 Å². The summed E-state index contributed by atoms with van der Waals surface area (Å²) in [5.41, 5.74) is -0.555. The molecule has 1 heterocycles. The Kier molecular flexibility index (Phi) is 8.76. The number of amides is 1. The average Bonchev–Trinajstić information content (AvgIpc) is 3.66. The van der Waals surface area contributed by atoms with Crippen molar-refractivity contribution in [2.45, 2.75) is 43.1 Å². The highest BCUT2D eigenvalue weighted by Crippen LogP contribution is 2.41. The fourth-order valence-electron chi connectivity index (χ4n) is 5.57. The summed E-state index contributed by atoms with van der Waals surface area (Å²) in [7, 11) is -4.06. The Hall–Kier alpha value is -2.83. The first-order valence-corrected chi connectivity index (χ1v) is 16.2. The zero-order chi connectivity index (χ0) is 31.2. The summed E-state index contributed by atoms with van der Waals surface area (Å²) in [6.45, 7) is 0.238. The molecule has 0 radical (unpaired) electrons. The number of alkyl halides is 3. The number of nitrogens with zero attached hydrogens (tertiary/aromatic N) is 2. The van der Waals surface area contributed by atoms with Crippen LogP contribution in [0.1, 0.15) is 52.4 Å². The molecule has 2 fully saturated rings. The number of sulfonamides is 1. The van der Waals surface area contributed by atoms with Gasteiger partial charge in [0.1, 0.15) is 0 Å². The minimum atomic E-state index is -4.82. The van der Waals surface area contributed by atoms with Crippen molar-refractivity contribution in [3.8, 4) is 0 Å². The quantitative estimate of drug-likeness (QED) is 0.284. The molecule has 1 aliphatic carbocycles. The van der Waals surface area contributed by atoms with Crippen molar-refractivity contribution in [1.82, 2.24) is 10.2 Å². The van der Waals surface area contributed by atoms with E-state index in [1.54, 1.807) is 24.3 Å². The van der Waals surface area contributed by atoms with Gasteiger partial charge in [-0.3, -0.25) is 14.0 Å². The number of carbonyl (C=O) groups is 1. The Balaban J connectivity index is 1.47. The standard InChI is InChI=1S/C30H30Cl2F3N3O4S/c1-43(41,42)38(25-15-21(14-22(16-25)30(33,34)35)28(40)36-29(10-11-29)12-13-39)26-17-37(18-26)27(19-2-6-23(31)7-3-19)20-4-8-24(32)9-5-20/h2-9,14-16,26-27,39H,10-13,17-18H2,1H3,(H,36,40). The molecule has 1 saturated carbocycles. The third-order valence-corrected chi connectivity index (χ3v) is 9.63. The summed E-state index contributed by atoms with van der Waals surface area (Å²) in [4.78, 5) is 15.1. The van der Waals surface area contributed by atoms with Crippen molar-refractivity contribution in [3.05, 3.63) is 99.0 Å². The van der Waals surface area contributed by atoms with E-state index in [0.29, 0.717) is 22.9 Å². The lowest BCUT2D eigenvalue weighted by atomic mass is 9.93. The Labute approximate surface area is 258 Å². The first kappa shape index (κ1) is 31.6. The van der Waals surface area contributed by atoms with Gasteiger partial charge in [-0.15, -0.1) is 0 Å². The summed E-state index contributed by atoms with van der Waals surface area (Å²) in [6, 6.07) is 16.1. The number of benzene rings is 3. The second-order valence-corrected chi connectivity index (χ2v) is 13.9. The second-order valence-electron chi connectivity index (χ2n) is 11.1. The van der Waals surface area contributed by atoms with E-state index in [-0.39, 0.29) is 43.4 Å². The van der Waals surface area contributed by atoms with Gasteiger partial charge >= 0.3 is 6.18 Å². The monoisotopic (exact) mass is 655 g/mol. The maximum Gasteiger partial charge on any atom is 0.416 e. The molecule has 0 unspecified atom stereocenters. The van der Waals surface area contributed by atoms with Gasteiger partial charge in [0.2, 0.25) is 10.0 Å². The molecule has 5 rings (SSSR count). The van der Waals surface area contributed by atoms with Gasteiger partial charge in [0.05, 0.1) is 29.6 Å². The van der Waals surface area contributed by atoms with Crippen LogP contribution in [-0.4, -0.2) is 61.9 Å². The molecule has 230 valence electrons. The van der Waals surface area contributed by atoms with Gasteiger partial charge in [-0.25, -0.2) is 8.42 Å². The third-order valence-electron chi connectivity index (χ3n) is 7.90. The first-order chi connectivity index (χ1) is 20.2. The second kappa shape index (κ2) is 11.9. The number of carbonyl (C=O) groups excluding carboxylic acids is 1. The van der Waals surface area contributed by atoms with Gasteiger partial charge in [0, 0.05) is 40.8 Å². The van der Waals surface area contributed by atoms with Crippen LogP contribution in [0.4, 0.5) is 18.9 Å². The van der Waals surface area contributed by atoms with Crippen molar-refractivity contribution >= 4 is 44.8 Å². The number of nitrogens with one attached hydrogen (secondary N) is 1.